The van der Waals surface area contributed by atoms with Gasteiger partial charge in [-0.05, 0) is 65.0 Å². The second kappa shape index (κ2) is 12.1. The molecule has 3 aromatic heterocycles. The van der Waals surface area contributed by atoms with Crippen LogP contribution in [0.5, 0.6) is 0 Å². The molecule has 1 amide bonds. The van der Waals surface area contributed by atoms with Crippen molar-refractivity contribution in [3.63, 3.8) is 0 Å². The second-order valence-corrected chi connectivity index (χ2v) is 14.2. The number of nitrogens with one attached hydrogen (secondary N) is 2. The van der Waals surface area contributed by atoms with Crippen molar-refractivity contribution in [1.82, 2.24) is 19.9 Å². The van der Waals surface area contributed by atoms with Gasteiger partial charge in [-0.3, -0.25) is 9.52 Å². The molecule has 238 valence electrons. The zero-order valence-corrected chi connectivity index (χ0v) is 26.3. The van der Waals surface area contributed by atoms with Crippen LogP contribution in [0.3, 0.4) is 0 Å². The highest BCUT2D eigenvalue weighted by molar-refractivity contribution is 7.93. The molecular weight excluding hydrogens is 606 g/mol. The van der Waals surface area contributed by atoms with Crippen molar-refractivity contribution in [3.8, 4) is 11.1 Å². The van der Waals surface area contributed by atoms with Gasteiger partial charge in [-0.15, -0.1) is 0 Å². The van der Waals surface area contributed by atoms with E-state index in [1.54, 1.807) is 23.4 Å². The molecule has 1 aliphatic rings. The number of carbonyl (C=O) groups excluding carboxylic acids is 2. The summed E-state index contributed by atoms with van der Waals surface area (Å²) in [6.45, 7) is 10.5. The quantitative estimate of drug-likeness (QED) is 0.258. The summed E-state index contributed by atoms with van der Waals surface area (Å²) < 4.78 is 62.3. The van der Waals surface area contributed by atoms with Gasteiger partial charge in [-0.2, -0.15) is 0 Å². The van der Waals surface area contributed by atoms with E-state index in [1.807, 2.05) is 32.9 Å². The van der Waals surface area contributed by atoms with E-state index in [9.17, 15) is 22.4 Å². The molecule has 1 aromatic carbocycles. The average molecular weight is 641 g/mol. The van der Waals surface area contributed by atoms with Crippen LogP contribution in [0.15, 0.2) is 48.9 Å². The minimum absolute atomic E-state index is 0.0338. The van der Waals surface area contributed by atoms with Crippen molar-refractivity contribution in [3.05, 3.63) is 71.7 Å². The van der Waals surface area contributed by atoms with Crippen LogP contribution in [0, 0.1) is 11.6 Å². The third-order valence-corrected chi connectivity index (χ3v) is 9.05. The summed E-state index contributed by atoms with van der Waals surface area (Å²) in [5.74, 6) is -2.68. The number of ketones is 1. The Kier molecular flexibility index (Phi) is 8.53. The summed E-state index contributed by atoms with van der Waals surface area (Å²) in [6, 6.07) is 7.15. The Labute approximate surface area is 259 Å². The molecule has 4 heterocycles. The van der Waals surface area contributed by atoms with Gasteiger partial charge in [0.1, 0.15) is 22.9 Å². The molecule has 0 radical (unpaired) electrons. The number of sulfonamides is 1. The van der Waals surface area contributed by atoms with E-state index in [0.717, 1.165) is 18.0 Å². The summed E-state index contributed by atoms with van der Waals surface area (Å²) in [6.07, 6.45) is 4.22. The molecule has 1 fully saturated rings. The standard InChI is InChI=1S/C31H34F2N6O5S/c1-18(2)45(42,43)37-24-8-7-23(32)26(27(24)33)28(40)22-17-36-29-21(22)14-20(16-35-29)19-6-9-25(34-15-19)38-10-12-39(13-11-38)30(41)44-31(3,4)5/h6-9,14-18,37H,10-13H2,1-5H3,(H,35,36). The Morgan fingerprint density at radius 3 is 2.31 bits per heavy atom. The smallest absolute Gasteiger partial charge is 0.410 e. The van der Waals surface area contributed by atoms with Gasteiger partial charge < -0.3 is 19.5 Å². The number of fused-ring (bicyclic) bond motifs is 1. The lowest BCUT2D eigenvalue weighted by Crippen LogP contribution is -2.50. The summed E-state index contributed by atoms with van der Waals surface area (Å²) in [5.41, 5.74) is -0.370. The number of aromatic amines is 1. The number of pyridine rings is 2. The fraction of sp³-hybridized carbons (Fsp3) is 0.355. The third kappa shape index (κ3) is 6.75. The predicted octanol–water partition coefficient (Wildman–Crippen LogP) is 5.34. The number of piperazine rings is 1. The largest absolute Gasteiger partial charge is 0.444 e. The Bertz CT molecular complexity index is 1860. The van der Waals surface area contributed by atoms with Gasteiger partial charge in [0.15, 0.2) is 5.82 Å². The summed E-state index contributed by atoms with van der Waals surface area (Å²) in [5, 5.41) is -0.552. The number of rotatable bonds is 7. The Morgan fingerprint density at radius 1 is 1.00 bits per heavy atom. The Morgan fingerprint density at radius 2 is 1.69 bits per heavy atom. The van der Waals surface area contributed by atoms with Crippen LogP contribution in [0.25, 0.3) is 22.2 Å². The van der Waals surface area contributed by atoms with Gasteiger partial charge in [0.2, 0.25) is 15.8 Å². The van der Waals surface area contributed by atoms with Crippen LogP contribution in [0.2, 0.25) is 0 Å². The first-order valence-corrected chi connectivity index (χ1v) is 15.9. The summed E-state index contributed by atoms with van der Waals surface area (Å²) >= 11 is 0. The second-order valence-electron chi connectivity index (χ2n) is 12.0. The highest BCUT2D eigenvalue weighted by Gasteiger charge is 2.28. The molecule has 0 atom stereocenters. The van der Waals surface area contributed by atoms with E-state index in [4.69, 9.17) is 4.74 Å². The average Bonchev–Trinajstić information content (AvgIpc) is 3.41. The molecule has 14 heteroatoms. The SMILES string of the molecule is CC(C)S(=O)(=O)Nc1ccc(F)c(C(=O)c2c[nH]c3ncc(-c4ccc(N5CCN(C(=O)OC(C)(C)C)CC5)nc4)cc23)c1F. The van der Waals surface area contributed by atoms with Crippen LogP contribution in [-0.2, 0) is 14.8 Å². The van der Waals surface area contributed by atoms with E-state index in [-0.39, 0.29) is 11.7 Å². The van der Waals surface area contributed by atoms with Gasteiger partial charge in [0, 0.05) is 66.8 Å². The molecule has 45 heavy (non-hydrogen) atoms. The van der Waals surface area contributed by atoms with Crippen LogP contribution in [-0.4, -0.2) is 77.2 Å². The van der Waals surface area contributed by atoms with E-state index in [0.29, 0.717) is 48.3 Å². The number of carbonyl (C=O) groups is 2. The highest BCUT2D eigenvalue weighted by Crippen LogP contribution is 2.30. The Hall–Kier alpha value is -4.59. The molecule has 0 spiro atoms. The van der Waals surface area contributed by atoms with Gasteiger partial charge in [-0.25, -0.2) is 32.0 Å². The maximum absolute atomic E-state index is 15.4. The van der Waals surface area contributed by atoms with Crippen LogP contribution in [0.4, 0.5) is 25.1 Å². The lowest BCUT2D eigenvalue weighted by atomic mass is 10.00. The molecule has 1 aliphatic heterocycles. The molecule has 0 aliphatic carbocycles. The fourth-order valence-corrected chi connectivity index (χ4v) is 5.48. The maximum Gasteiger partial charge on any atom is 0.410 e. The van der Waals surface area contributed by atoms with Crippen molar-refractivity contribution in [2.24, 2.45) is 0 Å². The number of aromatic nitrogens is 3. The summed E-state index contributed by atoms with van der Waals surface area (Å²) in [4.78, 5) is 41.4. The van der Waals surface area contributed by atoms with E-state index in [2.05, 4.69) is 24.6 Å². The molecule has 11 nitrogen and oxygen atoms in total. The number of anilines is 2. The van der Waals surface area contributed by atoms with E-state index < -0.39 is 49.5 Å². The predicted molar refractivity (Wildman–Crippen MR) is 167 cm³/mol. The van der Waals surface area contributed by atoms with Crippen molar-refractivity contribution in [1.29, 1.82) is 0 Å². The Balaban J connectivity index is 1.36. The molecule has 0 unspecified atom stereocenters. The number of halogens is 2. The third-order valence-electron chi connectivity index (χ3n) is 7.30. The van der Waals surface area contributed by atoms with Crippen molar-refractivity contribution >= 4 is 44.4 Å². The molecule has 0 bridgehead atoms. The highest BCUT2D eigenvalue weighted by atomic mass is 32.2. The number of amides is 1. The minimum Gasteiger partial charge on any atom is -0.444 e. The molecule has 5 rings (SSSR count). The zero-order chi connectivity index (χ0) is 32.7. The number of H-pyrrole nitrogens is 1. The van der Waals surface area contributed by atoms with Crippen molar-refractivity contribution in [2.75, 3.05) is 35.8 Å². The number of nitrogens with zero attached hydrogens (tertiary/aromatic N) is 4. The molecular formula is C31H34F2N6O5S. The van der Waals surface area contributed by atoms with Gasteiger partial charge in [-0.1, -0.05) is 0 Å². The minimum atomic E-state index is -3.95. The number of hydrogen-bond donors (Lipinski definition) is 2. The van der Waals surface area contributed by atoms with Crippen LogP contribution in [0.1, 0.15) is 50.5 Å². The van der Waals surface area contributed by atoms with Crippen molar-refractivity contribution < 1.29 is 31.5 Å². The first kappa shape index (κ1) is 31.8. The normalized spacial score (nSPS) is 14.2. The number of ether oxygens (including phenoxy) is 1. The first-order valence-electron chi connectivity index (χ1n) is 14.4. The molecule has 2 N–H and O–H groups in total. The van der Waals surface area contributed by atoms with Crippen LogP contribution >= 0.6 is 0 Å². The van der Waals surface area contributed by atoms with Crippen LogP contribution < -0.4 is 9.62 Å². The number of benzene rings is 1. The number of hydrogen-bond acceptors (Lipinski definition) is 8. The maximum atomic E-state index is 15.4. The van der Waals surface area contributed by atoms with Gasteiger partial charge in [0.05, 0.1) is 16.5 Å². The fourth-order valence-electron chi connectivity index (χ4n) is 4.78. The van der Waals surface area contributed by atoms with E-state index >= 15 is 4.39 Å². The zero-order valence-electron chi connectivity index (χ0n) is 25.5. The van der Waals surface area contributed by atoms with Gasteiger partial charge in [0.25, 0.3) is 0 Å². The monoisotopic (exact) mass is 640 g/mol. The summed E-state index contributed by atoms with van der Waals surface area (Å²) in [7, 11) is -3.95. The molecule has 4 aromatic rings. The van der Waals surface area contributed by atoms with Gasteiger partial charge >= 0.3 is 6.09 Å². The first-order chi connectivity index (χ1) is 21.1. The van der Waals surface area contributed by atoms with E-state index in [1.165, 1.54) is 20.0 Å². The lowest BCUT2D eigenvalue weighted by molar-refractivity contribution is 0.0240. The molecule has 0 saturated carbocycles. The van der Waals surface area contributed by atoms with Crippen molar-refractivity contribution in [2.45, 2.75) is 45.5 Å². The topological polar surface area (TPSA) is 138 Å². The lowest BCUT2D eigenvalue weighted by Gasteiger charge is -2.36. The molecule has 1 saturated heterocycles.